The summed E-state index contributed by atoms with van der Waals surface area (Å²) >= 11 is 0. The number of carboxylic acid groups (broad SMARTS) is 1. The molecule has 0 fully saturated rings. The quantitative estimate of drug-likeness (QED) is 0.867. The van der Waals surface area contributed by atoms with E-state index < -0.39 is 5.97 Å². The summed E-state index contributed by atoms with van der Waals surface area (Å²) in [4.78, 5) is 25.4. The van der Waals surface area contributed by atoms with E-state index in [1.165, 1.54) is 0 Å². The molecule has 1 aromatic rings. The predicted molar refractivity (Wildman–Crippen MR) is 68.0 cm³/mol. The van der Waals surface area contributed by atoms with Gasteiger partial charge in [-0.15, -0.1) is 0 Å². The Morgan fingerprint density at radius 2 is 2.11 bits per heavy atom. The Morgan fingerprint density at radius 3 is 2.67 bits per heavy atom. The molecule has 0 atom stereocenters. The minimum atomic E-state index is -1.14. The SMILES string of the molecule is CCN1CCc2c(cc(C(=O)O)c(=O)n2CC)C1. The molecule has 2 heterocycles. The van der Waals surface area contributed by atoms with E-state index >= 15 is 0 Å². The second-order valence-electron chi connectivity index (χ2n) is 4.50. The molecule has 2 rings (SSSR count). The summed E-state index contributed by atoms with van der Waals surface area (Å²) in [6, 6.07) is 1.55. The molecule has 5 nitrogen and oxygen atoms in total. The van der Waals surface area contributed by atoms with Crippen molar-refractivity contribution >= 4 is 5.97 Å². The smallest absolute Gasteiger partial charge is 0.341 e. The van der Waals surface area contributed by atoms with Gasteiger partial charge in [0.1, 0.15) is 5.56 Å². The minimum Gasteiger partial charge on any atom is -0.477 e. The van der Waals surface area contributed by atoms with E-state index in [1.54, 1.807) is 10.6 Å². The van der Waals surface area contributed by atoms with Crippen molar-refractivity contribution in [3.63, 3.8) is 0 Å². The molecule has 0 amide bonds. The average molecular weight is 250 g/mol. The summed E-state index contributed by atoms with van der Waals surface area (Å²) in [5.41, 5.74) is 1.47. The third kappa shape index (κ3) is 2.06. The predicted octanol–water partition coefficient (Wildman–Crippen LogP) is 0.944. The summed E-state index contributed by atoms with van der Waals surface area (Å²) in [5.74, 6) is -1.14. The number of nitrogens with zero attached hydrogens (tertiary/aromatic N) is 2. The Labute approximate surface area is 106 Å². The average Bonchev–Trinajstić information content (AvgIpc) is 2.37. The fourth-order valence-electron chi connectivity index (χ4n) is 2.53. The number of aromatic nitrogens is 1. The molecule has 0 unspecified atom stereocenters. The molecule has 1 aliphatic heterocycles. The van der Waals surface area contributed by atoms with Gasteiger partial charge in [-0.1, -0.05) is 6.92 Å². The first-order chi connectivity index (χ1) is 8.58. The largest absolute Gasteiger partial charge is 0.477 e. The molecular formula is C13H18N2O3. The van der Waals surface area contributed by atoms with Crippen LogP contribution in [0.5, 0.6) is 0 Å². The molecule has 0 saturated heterocycles. The first kappa shape index (κ1) is 12.8. The zero-order valence-electron chi connectivity index (χ0n) is 10.8. The van der Waals surface area contributed by atoms with Crippen LogP contribution in [0.1, 0.15) is 35.5 Å². The van der Waals surface area contributed by atoms with Gasteiger partial charge in [0.05, 0.1) is 0 Å². The third-order valence-electron chi connectivity index (χ3n) is 3.54. The number of fused-ring (bicyclic) bond motifs is 1. The maximum absolute atomic E-state index is 12.0. The topological polar surface area (TPSA) is 62.5 Å². The van der Waals surface area contributed by atoms with Gasteiger partial charge in [0.25, 0.3) is 5.56 Å². The van der Waals surface area contributed by atoms with Crippen LogP contribution in [0.3, 0.4) is 0 Å². The van der Waals surface area contributed by atoms with Gasteiger partial charge >= 0.3 is 5.97 Å². The molecule has 1 N–H and O–H groups in total. The van der Waals surface area contributed by atoms with Crippen LogP contribution in [-0.2, 0) is 19.5 Å². The van der Waals surface area contributed by atoms with Crippen molar-refractivity contribution in [3.05, 3.63) is 33.2 Å². The summed E-state index contributed by atoms with van der Waals surface area (Å²) in [6.45, 7) is 7.07. The molecule has 0 radical (unpaired) electrons. The maximum atomic E-state index is 12.0. The van der Waals surface area contributed by atoms with E-state index in [0.29, 0.717) is 6.54 Å². The summed E-state index contributed by atoms with van der Waals surface area (Å²) in [7, 11) is 0. The molecule has 18 heavy (non-hydrogen) atoms. The summed E-state index contributed by atoms with van der Waals surface area (Å²) in [6.07, 6.45) is 0.812. The molecule has 5 heteroatoms. The second-order valence-corrected chi connectivity index (χ2v) is 4.50. The molecule has 1 aliphatic rings. The number of pyridine rings is 1. The maximum Gasteiger partial charge on any atom is 0.341 e. The molecule has 1 aromatic heterocycles. The number of carbonyl (C=O) groups is 1. The second kappa shape index (κ2) is 4.94. The van der Waals surface area contributed by atoms with Crippen molar-refractivity contribution in [2.24, 2.45) is 0 Å². The van der Waals surface area contributed by atoms with Crippen LogP contribution in [0.25, 0.3) is 0 Å². The molecule has 0 aromatic carbocycles. The molecular weight excluding hydrogens is 232 g/mol. The van der Waals surface area contributed by atoms with E-state index in [4.69, 9.17) is 5.11 Å². The van der Waals surface area contributed by atoms with Gasteiger partial charge in [-0.25, -0.2) is 4.79 Å². The first-order valence-corrected chi connectivity index (χ1v) is 6.29. The fourth-order valence-corrected chi connectivity index (χ4v) is 2.53. The van der Waals surface area contributed by atoms with Crippen LogP contribution in [0, 0.1) is 0 Å². The van der Waals surface area contributed by atoms with Gasteiger partial charge in [0.2, 0.25) is 0 Å². The van der Waals surface area contributed by atoms with E-state index in [9.17, 15) is 9.59 Å². The van der Waals surface area contributed by atoms with Crippen LogP contribution in [0.4, 0.5) is 0 Å². The van der Waals surface area contributed by atoms with E-state index in [0.717, 1.165) is 37.3 Å². The molecule has 98 valence electrons. The normalized spacial score (nSPS) is 15.4. The van der Waals surface area contributed by atoms with Crippen LogP contribution in [-0.4, -0.2) is 33.6 Å². The summed E-state index contributed by atoms with van der Waals surface area (Å²) in [5, 5.41) is 9.08. The van der Waals surface area contributed by atoms with Gasteiger partial charge in [-0.05, 0) is 25.1 Å². The number of hydrogen-bond acceptors (Lipinski definition) is 3. The molecule has 0 bridgehead atoms. The third-order valence-corrected chi connectivity index (χ3v) is 3.54. The molecule has 0 saturated carbocycles. The Hall–Kier alpha value is -1.62. The standard InChI is InChI=1S/C13H18N2O3/c1-3-14-6-5-11-9(8-14)7-10(13(17)18)12(16)15(11)4-2/h7H,3-6,8H2,1-2H3,(H,17,18). The van der Waals surface area contributed by atoms with Crippen molar-refractivity contribution < 1.29 is 9.90 Å². The van der Waals surface area contributed by atoms with Crippen LogP contribution in [0.15, 0.2) is 10.9 Å². The zero-order valence-corrected chi connectivity index (χ0v) is 10.8. The lowest BCUT2D eigenvalue weighted by atomic mass is 10.0. The van der Waals surface area contributed by atoms with Gasteiger partial charge < -0.3 is 9.67 Å². The van der Waals surface area contributed by atoms with Crippen LogP contribution < -0.4 is 5.56 Å². The monoisotopic (exact) mass is 250 g/mol. The van der Waals surface area contributed by atoms with Gasteiger partial charge in [0, 0.05) is 31.7 Å². The fraction of sp³-hybridized carbons (Fsp3) is 0.538. The van der Waals surface area contributed by atoms with E-state index in [1.807, 2.05) is 6.92 Å². The highest BCUT2D eigenvalue weighted by atomic mass is 16.4. The lowest BCUT2D eigenvalue weighted by molar-refractivity contribution is 0.0693. The Balaban J connectivity index is 2.59. The highest BCUT2D eigenvalue weighted by molar-refractivity contribution is 5.87. The lowest BCUT2D eigenvalue weighted by Crippen LogP contribution is -2.37. The Bertz CT molecular complexity index is 534. The van der Waals surface area contributed by atoms with Crippen molar-refractivity contribution in [2.75, 3.05) is 13.1 Å². The van der Waals surface area contributed by atoms with Gasteiger partial charge in [-0.2, -0.15) is 0 Å². The van der Waals surface area contributed by atoms with E-state index in [-0.39, 0.29) is 11.1 Å². The zero-order chi connectivity index (χ0) is 13.3. The highest BCUT2D eigenvalue weighted by Crippen LogP contribution is 2.18. The molecule has 0 spiro atoms. The van der Waals surface area contributed by atoms with Crippen molar-refractivity contribution in [1.29, 1.82) is 0 Å². The number of likely N-dealkylation sites (N-methyl/N-ethyl adjacent to an activating group) is 1. The number of carboxylic acids is 1. The van der Waals surface area contributed by atoms with Gasteiger partial charge in [0.15, 0.2) is 0 Å². The first-order valence-electron chi connectivity index (χ1n) is 6.29. The number of aromatic carboxylic acids is 1. The van der Waals surface area contributed by atoms with Crippen molar-refractivity contribution in [2.45, 2.75) is 33.4 Å². The van der Waals surface area contributed by atoms with Crippen LogP contribution in [0.2, 0.25) is 0 Å². The van der Waals surface area contributed by atoms with Crippen molar-refractivity contribution in [3.8, 4) is 0 Å². The molecule has 0 aliphatic carbocycles. The Morgan fingerprint density at radius 1 is 1.39 bits per heavy atom. The van der Waals surface area contributed by atoms with Crippen molar-refractivity contribution in [1.82, 2.24) is 9.47 Å². The van der Waals surface area contributed by atoms with E-state index in [2.05, 4.69) is 11.8 Å². The minimum absolute atomic E-state index is 0.117. The van der Waals surface area contributed by atoms with Crippen LogP contribution >= 0.6 is 0 Å². The highest BCUT2D eigenvalue weighted by Gasteiger charge is 2.22. The number of rotatable bonds is 3. The van der Waals surface area contributed by atoms with Gasteiger partial charge in [-0.3, -0.25) is 9.69 Å². The summed E-state index contributed by atoms with van der Waals surface area (Å²) < 4.78 is 1.60. The Kier molecular flexibility index (Phi) is 3.52. The number of hydrogen-bond donors (Lipinski definition) is 1. The lowest BCUT2D eigenvalue weighted by Gasteiger charge is -2.29.